The van der Waals surface area contributed by atoms with Gasteiger partial charge in [0, 0.05) is 37.0 Å². The number of hydrogen-bond acceptors (Lipinski definition) is 8. The molecule has 10 heteroatoms. The normalized spacial score (nSPS) is 30.6. The summed E-state index contributed by atoms with van der Waals surface area (Å²) in [5.41, 5.74) is 1.81. The van der Waals surface area contributed by atoms with Gasteiger partial charge in [0.25, 0.3) is 17.6 Å². The van der Waals surface area contributed by atoms with Gasteiger partial charge in [0.15, 0.2) is 0 Å². The Balaban J connectivity index is 1.31. The summed E-state index contributed by atoms with van der Waals surface area (Å²) in [6.07, 6.45) is 8.50. The standard InChI is InChI=1S/C24H30N6O4/c1-12(11-33-2)27-22(31)21-29-23(34-30-21)17-10-26-20-16(3-4-25-20)19(17)28-18-14-5-13-6-15(18)9-24(32,7-13)8-14/h3-4,10,12-15,18,32H,5-9,11H2,1-2H3,(H,27,31)(H2,25,26,28)/t12?,13?,14-,15+,18?,24?. The van der Waals surface area contributed by atoms with Gasteiger partial charge in [0.1, 0.15) is 5.65 Å². The average molecular weight is 467 g/mol. The Bertz CT molecular complexity index is 1210. The molecule has 1 amide bonds. The number of hydrogen-bond donors (Lipinski definition) is 4. The molecule has 6 atom stereocenters. The predicted molar refractivity (Wildman–Crippen MR) is 124 cm³/mol. The van der Waals surface area contributed by atoms with Crippen molar-refractivity contribution in [2.24, 2.45) is 17.8 Å². The summed E-state index contributed by atoms with van der Waals surface area (Å²) in [5.74, 6) is 1.27. The van der Waals surface area contributed by atoms with E-state index in [1.165, 1.54) is 0 Å². The predicted octanol–water partition coefficient (Wildman–Crippen LogP) is 2.73. The van der Waals surface area contributed by atoms with Crippen LogP contribution >= 0.6 is 0 Å². The van der Waals surface area contributed by atoms with E-state index in [4.69, 9.17) is 9.26 Å². The Kier molecular flexibility index (Phi) is 5.11. The largest absolute Gasteiger partial charge is 0.390 e. The third kappa shape index (κ3) is 3.65. The van der Waals surface area contributed by atoms with Crippen molar-refractivity contribution in [2.45, 2.75) is 56.7 Å². The number of pyridine rings is 1. The van der Waals surface area contributed by atoms with E-state index in [1.807, 2.05) is 19.2 Å². The number of aromatic nitrogens is 4. The van der Waals surface area contributed by atoms with Gasteiger partial charge in [0.2, 0.25) is 0 Å². The minimum atomic E-state index is -0.492. The lowest BCUT2D eigenvalue weighted by molar-refractivity contribution is -0.129. The monoisotopic (exact) mass is 466 g/mol. The number of fused-ring (bicyclic) bond motifs is 1. The first kappa shape index (κ1) is 21.5. The van der Waals surface area contributed by atoms with Gasteiger partial charge in [-0.3, -0.25) is 4.79 Å². The maximum atomic E-state index is 12.5. The molecule has 0 spiro atoms. The molecule has 4 aliphatic rings. The van der Waals surface area contributed by atoms with E-state index in [0.29, 0.717) is 29.9 Å². The van der Waals surface area contributed by atoms with Crippen LogP contribution in [0.2, 0.25) is 0 Å². The van der Waals surface area contributed by atoms with E-state index in [-0.39, 0.29) is 23.8 Å². The molecule has 0 radical (unpaired) electrons. The number of nitrogens with zero attached hydrogens (tertiary/aromatic N) is 3. The van der Waals surface area contributed by atoms with Crippen molar-refractivity contribution in [2.75, 3.05) is 19.0 Å². The zero-order chi connectivity index (χ0) is 23.4. The molecule has 7 rings (SSSR count). The van der Waals surface area contributed by atoms with Crippen LogP contribution in [0.25, 0.3) is 22.5 Å². The number of carbonyl (C=O) groups is 1. The quantitative estimate of drug-likeness (QED) is 0.417. The van der Waals surface area contributed by atoms with Gasteiger partial charge in [-0.25, -0.2) is 4.98 Å². The van der Waals surface area contributed by atoms with Crippen LogP contribution in [0.5, 0.6) is 0 Å². The summed E-state index contributed by atoms with van der Waals surface area (Å²) in [4.78, 5) is 24.6. The molecule has 0 aliphatic heterocycles. The summed E-state index contributed by atoms with van der Waals surface area (Å²) in [6.45, 7) is 2.23. The fourth-order valence-corrected chi connectivity index (χ4v) is 6.71. The maximum Gasteiger partial charge on any atom is 0.292 e. The number of rotatable bonds is 7. The second-order valence-corrected chi connectivity index (χ2v) is 10.4. The number of aliphatic hydroxyl groups is 1. The summed E-state index contributed by atoms with van der Waals surface area (Å²) in [5, 5.41) is 22.4. The highest BCUT2D eigenvalue weighted by Gasteiger charge is 2.54. The van der Waals surface area contributed by atoms with E-state index in [2.05, 4.69) is 30.7 Å². The van der Waals surface area contributed by atoms with Gasteiger partial charge in [-0.15, -0.1) is 0 Å². The first-order valence-corrected chi connectivity index (χ1v) is 12.0. The third-order valence-corrected chi connectivity index (χ3v) is 7.79. The lowest BCUT2D eigenvalue weighted by atomic mass is 9.52. The number of anilines is 1. The molecule has 0 saturated heterocycles. The van der Waals surface area contributed by atoms with Crippen LogP contribution in [-0.2, 0) is 4.74 Å². The number of amides is 1. The van der Waals surface area contributed by atoms with E-state index < -0.39 is 11.5 Å². The highest BCUT2D eigenvalue weighted by atomic mass is 16.5. The molecule has 3 heterocycles. The third-order valence-electron chi connectivity index (χ3n) is 7.79. The lowest BCUT2D eigenvalue weighted by Crippen LogP contribution is -2.59. The van der Waals surface area contributed by atoms with Crippen LogP contribution in [-0.4, -0.2) is 62.5 Å². The Morgan fingerprint density at radius 3 is 2.88 bits per heavy atom. The second-order valence-electron chi connectivity index (χ2n) is 10.4. The molecule has 0 aromatic carbocycles. The van der Waals surface area contributed by atoms with Gasteiger partial charge in [-0.1, -0.05) is 5.16 Å². The molecule has 4 aliphatic carbocycles. The van der Waals surface area contributed by atoms with Crippen LogP contribution in [0.1, 0.15) is 49.6 Å². The van der Waals surface area contributed by atoms with E-state index >= 15 is 0 Å². The van der Waals surface area contributed by atoms with Crippen LogP contribution in [0.15, 0.2) is 23.0 Å². The Labute approximate surface area is 196 Å². The molecule has 34 heavy (non-hydrogen) atoms. The molecule has 4 saturated carbocycles. The molecule has 3 aromatic rings. The van der Waals surface area contributed by atoms with Crippen molar-refractivity contribution >= 4 is 22.6 Å². The summed E-state index contributed by atoms with van der Waals surface area (Å²) >= 11 is 0. The summed E-state index contributed by atoms with van der Waals surface area (Å²) in [7, 11) is 1.58. The molecular formula is C24H30N6O4. The maximum absolute atomic E-state index is 12.5. The SMILES string of the molecule is COCC(C)NC(=O)c1noc(-c2cnc3[nH]ccc3c2NC2[C@@H]3CC4C[C@H]2CC(O)(C4)C3)n1. The number of ether oxygens (including phenoxy) is 1. The van der Waals surface area contributed by atoms with E-state index in [0.717, 1.165) is 48.8 Å². The van der Waals surface area contributed by atoms with Crippen molar-refractivity contribution in [1.82, 2.24) is 25.4 Å². The fourth-order valence-electron chi connectivity index (χ4n) is 6.71. The highest BCUT2D eigenvalue weighted by Crippen LogP contribution is 2.56. The molecular weight excluding hydrogens is 436 g/mol. The number of aromatic amines is 1. The molecule has 4 bridgehead atoms. The van der Waals surface area contributed by atoms with Gasteiger partial charge < -0.3 is 30.0 Å². The zero-order valence-corrected chi connectivity index (χ0v) is 19.4. The van der Waals surface area contributed by atoms with Crippen molar-refractivity contribution < 1.29 is 19.2 Å². The minimum Gasteiger partial charge on any atom is -0.390 e. The minimum absolute atomic E-state index is 0.0325. The van der Waals surface area contributed by atoms with Crippen LogP contribution in [0, 0.1) is 17.8 Å². The molecule has 4 fully saturated rings. The number of H-pyrrole nitrogens is 1. The first-order chi connectivity index (χ1) is 16.4. The van der Waals surface area contributed by atoms with Gasteiger partial charge >= 0.3 is 0 Å². The van der Waals surface area contributed by atoms with Gasteiger partial charge in [-0.05, 0) is 62.8 Å². The van der Waals surface area contributed by atoms with Crippen molar-refractivity contribution in [3.05, 3.63) is 24.3 Å². The highest BCUT2D eigenvalue weighted by molar-refractivity contribution is 5.97. The van der Waals surface area contributed by atoms with E-state index in [1.54, 1.807) is 13.3 Å². The zero-order valence-electron chi connectivity index (χ0n) is 19.4. The Hall–Kier alpha value is -2.98. The van der Waals surface area contributed by atoms with Gasteiger partial charge in [0.05, 0.1) is 23.5 Å². The first-order valence-electron chi connectivity index (χ1n) is 12.0. The average Bonchev–Trinajstić information content (AvgIpc) is 3.45. The van der Waals surface area contributed by atoms with Gasteiger partial charge in [-0.2, -0.15) is 4.98 Å². The topological polar surface area (TPSA) is 138 Å². The molecule has 10 nitrogen and oxygen atoms in total. The van der Waals surface area contributed by atoms with Crippen molar-refractivity contribution in [3.63, 3.8) is 0 Å². The van der Waals surface area contributed by atoms with E-state index in [9.17, 15) is 9.90 Å². The van der Waals surface area contributed by atoms with Crippen LogP contribution in [0.4, 0.5) is 5.69 Å². The molecule has 4 unspecified atom stereocenters. The van der Waals surface area contributed by atoms with Crippen LogP contribution in [0.3, 0.4) is 0 Å². The molecule has 4 N–H and O–H groups in total. The smallest absolute Gasteiger partial charge is 0.292 e. The Morgan fingerprint density at radius 1 is 1.35 bits per heavy atom. The van der Waals surface area contributed by atoms with Crippen molar-refractivity contribution in [1.29, 1.82) is 0 Å². The number of nitrogens with one attached hydrogen (secondary N) is 3. The molecule has 3 aromatic heterocycles. The number of carbonyl (C=O) groups excluding carboxylic acids is 1. The Morgan fingerprint density at radius 2 is 2.15 bits per heavy atom. The second kappa shape index (κ2) is 8.06. The fraction of sp³-hybridized carbons (Fsp3) is 0.583. The summed E-state index contributed by atoms with van der Waals surface area (Å²) in [6, 6.07) is 2.06. The lowest BCUT2D eigenvalue weighted by Gasteiger charge is -2.58. The summed E-state index contributed by atoms with van der Waals surface area (Å²) < 4.78 is 10.6. The van der Waals surface area contributed by atoms with Crippen molar-refractivity contribution in [3.8, 4) is 11.5 Å². The molecule has 180 valence electrons. The number of methoxy groups -OCH3 is 1. The van der Waals surface area contributed by atoms with Crippen LogP contribution < -0.4 is 10.6 Å².